The van der Waals surface area contributed by atoms with Crippen LogP contribution in [0.15, 0.2) is 48.5 Å². The third-order valence-electron chi connectivity index (χ3n) is 3.27. The molecule has 3 nitrogen and oxygen atoms in total. The average Bonchev–Trinajstić information content (AvgIpc) is 2.49. The number of fused-ring (bicyclic) bond motifs is 1. The summed E-state index contributed by atoms with van der Waals surface area (Å²) in [5.41, 5.74) is 4.05. The molecule has 0 saturated heterocycles. The molecule has 5 heteroatoms. The van der Waals surface area contributed by atoms with E-state index in [9.17, 15) is 0 Å². The molecule has 22 heavy (non-hydrogen) atoms. The fourth-order valence-corrected chi connectivity index (χ4v) is 2.62. The number of anilines is 2. The highest BCUT2D eigenvalue weighted by molar-refractivity contribution is 14.1. The van der Waals surface area contributed by atoms with Gasteiger partial charge in [0.05, 0.1) is 12.6 Å². The summed E-state index contributed by atoms with van der Waals surface area (Å²) >= 11 is 2.30. The lowest BCUT2D eigenvalue weighted by molar-refractivity contribution is 0.415. The van der Waals surface area contributed by atoms with Crippen LogP contribution < -0.4 is 10.1 Å². The van der Waals surface area contributed by atoms with Crippen molar-refractivity contribution in [3.8, 4) is 5.75 Å². The van der Waals surface area contributed by atoms with Gasteiger partial charge in [-0.2, -0.15) is 0 Å². The van der Waals surface area contributed by atoms with Crippen LogP contribution in [-0.4, -0.2) is 12.1 Å². The highest BCUT2D eigenvalue weighted by Crippen LogP contribution is 2.29. The van der Waals surface area contributed by atoms with E-state index in [1.165, 1.54) is 3.57 Å². The van der Waals surface area contributed by atoms with Crippen LogP contribution in [0.4, 0.5) is 11.4 Å². The van der Waals surface area contributed by atoms with Gasteiger partial charge in [-0.25, -0.2) is 0 Å². The van der Waals surface area contributed by atoms with Gasteiger partial charge in [0.2, 0.25) is 0 Å². The minimum Gasteiger partial charge on any atom is -0.497 e. The van der Waals surface area contributed by atoms with Gasteiger partial charge in [0.15, 0.2) is 0 Å². The predicted octanol–water partition coefficient (Wildman–Crippen LogP) is 5.32. The molecule has 0 spiro atoms. The number of hydrogen-bond acceptors (Lipinski definition) is 3. The standard InChI is InChI=1S/C17H15IN2O.ClH/c1-11-9-17(20-13-5-3-12(18)4-6-13)15-10-14(21-2)7-8-16(15)19-11;/h3-10H,1-2H3,(H,19,20);1H. The summed E-state index contributed by atoms with van der Waals surface area (Å²) in [6.07, 6.45) is 0. The molecule has 0 amide bonds. The Hall–Kier alpha value is -1.53. The monoisotopic (exact) mass is 426 g/mol. The van der Waals surface area contributed by atoms with E-state index in [-0.39, 0.29) is 12.4 Å². The van der Waals surface area contributed by atoms with E-state index < -0.39 is 0 Å². The number of ether oxygens (including phenoxy) is 1. The maximum Gasteiger partial charge on any atom is 0.119 e. The Morgan fingerprint density at radius 2 is 1.77 bits per heavy atom. The number of hydrogen-bond donors (Lipinski definition) is 1. The predicted molar refractivity (Wildman–Crippen MR) is 103 cm³/mol. The second-order valence-corrected chi connectivity index (χ2v) is 6.07. The van der Waals surface area contributed by atoms with E-state index in [0.717, 1.165) is 33.7 Å². The first-order chi connectivity index (χ1) is 10.2. The number of aromatic nitrogens is 1. The molecule has 0 saturated carbocycles. The van der Waals surface area contributed by atoms with Crippen molar-refractivity contribution in [2.75, 3.05) is 12.4 Å². The topological polar surface area (TPSA) is 34.1 Å². The zero-order valence-corrected chi connectivity index (χ0v) is 15.2. The average molecular weight is 427 g/mol. The van der Waals surface area contributed by atoms with Crippen LogP contribution in [0.2, 0.25) is 0 Å². The molecule has 0 radical (unpaired) electrons. The number of benzene rings is 2. The Morgan fingerprint density at radius 3 is 2.45 bits per heavy atom. The SMILES string of the molecule is COc1ccc2nc(C)cc(Nc3ccc(I)cc3)c2c1.Cl. The molecule has 1 aromatic heterocycles. The van der Waals surface area contributed by atoms with Gasteiger partial charge in [0.25, 0.3) is 0 Å². The molecule has 3 aromatic rings. The Kier molecular flexibility index (Phi) is 5.47. The number of nitrogens with one attached hydrogen (secondary N) is 1. The Balaban J connectivity index is 0.00000176. The summed E-state index contributed by atoms with van der Waals surface area (Å²) in [6, 6.07) is 16.3. The first kappa shape index (κ1) is 16.8. The number of pyridine rings is 1. The number of aryl methyl sites for hydroxylation is 1. The van der Waals surface area contributed by atoms with Gasteiger partial charge in [0.1, 0.15) is 5.75 Å². The molecule has 1 N–H and O–H groups in total. The van der Waals surface area contributed by atoms with E-state index in [0.29, 0.717) is 0 Å². The molecule has 0 bridgehead atoms. The Labute approximate surface area is 149 Å². The van der Waals surface area contributed by atoms with Crippen LogP contribution in [0.3, 0.4) is 0 Å². The number of rotatable bonds is 3. The van der Waals surface area contributed by atoms with Crippen molar-refractivity contribution in [3.05, 3.63) is 57.8 Å². The van der Waals surface area contributed by atoms with Crippen molar-refractivity contribution in [3.63, 3.8) is 0 Å². The van der Waals surface area contributed by atoms with Crippen LogP contribution in [0.1, 0.15) is 5.69 Å². The van der Waals surface area contributed by atoms with Gasteiger partial charge < -0.3 is 10.1 Å². The van der Waals surface area contributed by atoms with Gasteiger partial charge in [-0.1, -0.05) is 0 Å². The highest BCUT2D eigenvalue weighted by Gasteiger charge is 2.06. The van der Waals surface area contributed by atoms with Crippen molar-refractivity contribution in [1.82, 2.24) is 4.98 Å². The van der Waals surface area contributed by atoms with E-state index in [1.807, 2.05) is 25.1 Å². The maximum absolute atomic E-state index is 5.32. The molecule has 0 aliphatic heterocycles. The third-order valence-corrected chi connectivity index (χ3v) is 3.99. The third kappa shape index (κ3) is 3.62. The van der Waals surface area contributed by atoms with Crippen molar-refractivity contribution in [2.24, 2.45) is 0 Å². The van der Waals surface area contributed by atoms with E-state index in [2.05, 4.69) is 63.2 Å². The number of nitrogens with zero attached hydrogens (tertiary/aromatic N) is 1. The van der Waals surface area contributed by atoms with Crippen LogP contribution in [0, 0.1) is 10.5 Å². The van der Waals surface area contributed by atoms with Crippen molar-refractivity contribution in [2.45, 2.75) is 6.92 Å². The zero-order valence-electron chi connectivity index (χ0n) is 12.3. The zero-order chi connectivity index (χ0) is 14.8. The van der Waals surface area contributed by atoms with Crippen molar-refractivity contribution < 1.29 is 4.74 Å². The van der Waals surface area contributed by atoms with E-state index in [1.54, 1.807) is 7.11 Å². The van der Waals surface area contributed by atoms with Crippen LogP contribution in [0.5, 0.6) is 5.75 Å². The van der Waals surface area contributed by atoms with Crippen LogP contribution in [-0.2, 0) is 0 Å². The highest BCUT2D eigenvalue weighted by atomic mass is 127. The lowest BCUT2D eigenvalue weighted by Gasteiger charge is -2.12. The largest absolute Gasteiger partial charge is 0.497 e. The first-order valence-electron chi connectivity index (χ1n) is 6.64. The first-order valence-corrected chi connectivity index (χ1v) is 7.71. The molecular weight excluding hydrogens is 411 g/mol. The number of methoxy groups -OCH3 is 1. The normalized spacial score (nSPS) is 10.1. The molecule has 0 aliphatic rings. The van der Waals surface area contributed by atoms with Crippen molar-refractivity contribution in [1.29, 1.82) is 0 Å². The second kappa shape index (κ2) is 7.15. The van der Waals surface area contributed by atoms with Crippen LogP contribution in [0.25, 0.3) is 10.9 Å². The summed E-state index contributed by atoms with van der Waals surface area (Å²) in [5, 5.41) is 4.52. The van der Waals surface area contributed by atoms with Gasteiger partial charge >= 0.3 is 0 Å². The molecule has 2 aromatic carbocycles. The Morgan fingerprint density at radius 1 is 1.05 bits per heavy atom. The molecule has 0 fully saturated rings. The second-order valence-electron chi connectivity index (χ2n) is 4.83. The molecular formula is C17H16ClIN2O. The van der Waals surface area contributed by atoms with Gasteiger partial charge in [-0.05, 0) is 78.0 Å². The fourth-order valence-electron chi connectivity index (χ4n) is 2.26. The minimum atomic E-state index is 0. The molecule has 0 aliphatic carbocycles. The quantitative estimate of drug-likeness (QED) is 0.575. The van der Waals surface area contributed by atoms with Crippen molar-refractivity contribution >= 4 is 57.3 Å². The van der Waals surface area contributed by atoms with Gasteiger partial charge in [-0.3, -0.25) is 4.98 Å². The summed E-state index contributed by atoms with van der Waals surface area (Å²) in [6.45, 7) is 2.00. The molecule has 0 unspecified atom stereocenters. The molecule has 3 rings (SSSR count). The summed E-state index contributed by atoms with van der Waals surface area (Å²) in [5.74, 6) is 0.832. The lowest BCUT2D eigenvalue weighted by atomic mass is 10.1. The smallest absolute Gasteiger partial charge is 0.119 e. The summed E-state index contributed by atoms with van der Waals surface area (Å²) in [4.78, 5) is 4.57. The van der Waals surface area contributed by atoms with Gasteiger partial charge in [0, 0.05) is 26.0 Å². The summed E-state index contributed by atoms with van der Waals surface area (Å²) < 4.78 is 6.54. The Bertz CT molecular complexity index is 791. The van der Waals surface area contributed by atoms with E-state index in [4.69, 9.17) is 4.74 Å². The molecule has 0 atom stereocenters. The molecule has 1 heterocycles. The minimum absolute atomic E-state index is 0. The number of halogens is 2. The molecule has 114 valence electrons. The van der Waals surface area contributed by atoms with Crippen LogP contribution >= 0.6 is 35.0 Å². The summed E-state index contributed by atoms with van der Waals surface area (Å²) in [7, 11) is 1.68. The van der Waals surface area contributed by atoms with Gasteiger partial charge in [-0.15, -0.1) is 12.4 Å². The maximum atomic E-state index is 5.32. The lowest BCUT2D eigenvalue weighted by Crippen LogP contribution is -1.95. The van der Waals surface area contributed by atoms with E-state index >= 15 is 0 Å². The fraction of sp³-hybridized carbons (Fsp3) is 0.118.